The summed E-state index contributed by atoms with van der Waals surface area (Å²) in [6.45, 7) is 0. The van der Waals surface area contributed by atoms with Crippen LogP contribution in [0.5, 0.6) is 0 Å². The maximum atomic E-state index is 6.19. The molecular weight excluding hydrogens is 711 g/mol. The van der Waals surface area contributed by atoms with Gasteiger partial charge < -0.3 is 9.32 Å². The summed E-state index contributed by atoms with van der Waals surface area (Å²) in [6.07, 6.45) is 0. The smallest absolute Gasteiger partial charge is 0.136 e. The van der Waals surface area contributed by atoms with Crippen molar-refractivity contribution in [3.8, 4) is 44.5 Å². The molecule has 0 bridgehead atoms. The Morgan fingerprint density at radius 3 is 1.46 bits per heavy atom. The number of hydrogen-bond acceptors (Lipinski definition) is 3. The third kappa shape index (κ3) is 5.80. The van der Waals surface area contributed by atoms with Crippen LogP contribution in [0.3, 0.4) is 0 Å². The summed E-state index contributed by atoms with van der Waals surface area (Å²) < 4.78 is 8.76. The average molecular weight is 746 g/mol. The van der Waals surface area contributed by atoms with E-state index in [1.165, 1.54) is 70.4 Å². The van der Waals surface area contributed by atoms with Gasteiger partial charge in [0.1, 0.15) is 11.2 Å². The van der Waals surface area contributed by atoms with Crippen molar-refractivity contribution in [2.24, 2.45) is 0 Å². The van der Waals surface area contributed by atoms with Crippen LogP contribution < -0.4 is 4.90 Å². The summed E-state index contributed by atoms with van der Waals surface area (Å²) in [5.41, 5.74) is 14.8. The lowest BCUT2D eigenvalue weighted by atomic mass is 9.97. The van der Waals surface area contributed by atoms with Crippen molar-refractivity contribution in [3.05, 3.63) is 212 Å². The molecule has 0 spiro atoms. The van der Waals surface area contributed by atoms with Crippen molar-refractivity contribution in [3.63, 3.8) is 0 Å². The van der Waals surface area contributed by atoms with Gasteiger partial charge >= 0.3 is 0 Å². The Hall–Kier alpha value is -7.20. The normalized spacial score (nSPS) is 11.5. The van der Waals surface area contributed by atoms with Crippen LogP contribution in [0.15, 0.2) is 217 Å². The summed E-state index contributed by atoms with van der Waals surface area (Å²) in [6, 6.07) is 76.3. The van der Waals surface area contributed by atoms with E-state index in [0.29, 0.717) is 0 Å². The van der Waals surface area contributed by atoms with E-state index < -0.39 is 0 Å². The molecule has 3 heteroatoms. The first-order valence-corrected chi connectivity index (χ1v) is 20.1. The maximum Gasteiger partial charge on any atom is 0.136 e. The lowest BCUT2D eigenvalue weighted by molar-refractivity contribution is 0.669. The fourth-order valence-corrected chi connectivity index (χ4v) is 9.69. The van der Waals surface area contributed by atoms with Crippen molar-refractivity contribution >= 4 is 70.5 Å². The van der Waals surface area contributed by atoms with Crippen LogP contribution >= 0.6 is 11.3 Å². The third-order valence-electron chi connectivity index (χ3n) is 11.1. The monoisotopic (exact) mass is 745 g/mol. The zero-order valence-corrected chi connectivity index (χ0v) is 31.8. The molecule has 0 atom stereocenters. The molecule has 0 N–H and O–H groups in total. The summed E-state index contributed by atoms with van der Waals surface area (Å²) in [4.78, 5) is 2.41. The SMILES string of the molecule is c1ccc(-c2ccc(N(c3ccc(-c4ccc(-c5cccc6oc7ccccc7c56)cc4)cc3)c3cccc4c3sc3c(-c5ccccc5)cccc34)cc2)cc1. The second-order valence-electron chi connectivity index (χ2n) is 14.5. The molecule has 2 heterocycles. The van der Waals surface area contributed by atoms with Gasteiger partial charge in [-0.1, -0.05) is 170 Å². The summed E-state index contributed by atoms with van der Waals surface area (Å²) in [7, 11) is 0. The Morgan fingerprint density at radius 1 is 0.316 bits per heavy atom. The molecule has 9 aromatic carbocycles. The number of fused-ring (bicyclic) bond motifs is 6. The largest absolute Gasteiger partial charge is 0.456 e. The quantitative estimate of drug-likeness (QED) is 0.162. The average Bonchev–Trinajstić information content (AvgIpc) is 3.87. The van der Waals surface area contributed by atoms with Gasteiger partial charge in [0.05, 0.1) is 10.4 Å². The minimum Gasteiger partial charge on any atom is -0.456 e. The molecule has 0 fully saturated rings. The van der Waals surface area contributed by atoms with Crippen molar-refractivity contribution < 1.29 is 4.42 Å². The zero-order chi connectivity index (χ0) is 37.7. The highest BCUT2D eigenvalue weighted by Crippen LogP contribution is 2.47. The Bertz CT molecular complexity index is 3200. The highest BCUT2D eigenvalue weighted by Gasteiger charge is 2.20. The van der Waals surface area contributed by atoms with Gasteiger partial charge in [0.25, 0.3) is 0 Å². The number of hydrogen-bond donors (Lipinski definition) is 0. The molecule has 2 aromatic heterocycles. The first kappa shape index (κ1) is 33.2. The maximum absolute atomic E-state index is 6.19. The number of thiophene rings is 1. The Labute approximate surface area is 335 Å². The van der Waals surface area contributed by atoms with Gasteiger partial charge in [-0.05, 0) is 87.0 Å². The second-order valence-corrected chi connectivity index (χ2v) is 15.5. The van der Waals surface area contributed by atoms with Crippen LogP contribution in [0, 0.1) is 0 Å². The minimum absolute atomic E-state index is 0.913. The molecule has 0 aliphatic carbocycles. The molecule has 57 heavy (non-hydrogen) atoms. The second kappa shape index (κ2) is 13.8. The van der Waals surface area contributed by atoms with Crippen LogP contribution in [0.4, 0.5) is 17.1 Å². The molecule has 0 amide bonds. The van der Waals surface area contributed by atoms with E-state index in [1.54, 1.807) is 0 Å². The number of nitrogens with zero attached hydrogens (tertiary/aromatic N) is 1. The van der Waals surface area contributed by atoms with Crippen LogP contribution in [0.25, 0.3) is 86.6 Å². The fraction of sp³-hybridized carbons (Fsp3) is 0. The van der Waals surface area contributed by atoms with Gasteiger partial charge in [0.15, 0.2) is 0 Å². The van der Waals surface area contributed by atoms with Gasteiger partial charge in [-0.2, -0.15) is 0 Å². The van der Waals surface area contributed by atoms with Gasteiger partial charge in [-0.3, -0.25) is 0 Å². The Balaban J connectivity index is 1.000. The van der Waals surface area contributed by atoms with E-state index in [-0.39, 0.29) is 0 Å². The number of anilines is 3. The van der Waals surface area contributed by atoms with Gasteiger partial charge in [0.2, 0.25) is 0 Å². The topological polar surface area (TPSA) is 16.4 Å². The van der Waals surface area contributed by atoms with Crippen LogP contribution in [-0.4, -0.2) is 0 Å². The molecule has 11 aromatic rings. The van der Waals surface area contributed by atoms with E-state index in [1.807, 2.05) is 23.5 Å². The van der Waals surface area contributed by atoms with E-state index in [2.05, 4.69) is 205 Å². The van der Waals surface area contributed by atoms with Gasteiger partial charge in [-0.15, -0.1) is 11.3 Å². The standard InChI is InChI=1S/C54H35NOS/c1-3-12-36(13-4-1)38-28-32-42(33-29-38)55(49-21-10-20-47-46-19-9-18-45(53(46)57-54(47)49)40-14-5-2-6-15-40)43-34-30-39(31-35-43)37-24-26-41(27-25-37)44-17-11-23-51-52(44)48-16-7-8-22-50(48)56-51/h1-35H. The number of furan rings is 1. The van der Waals surface area contributed by atoms with Gasteiger partial charge in [-0.25, -0.2) is 0 Å². The lowest BCUT2D eigenvalue weighted by Crippen LogP contribution is -2.10. The Kier molecular flexibility index (Phi) is 8.04. The predicted molar refractivity (Wildman–Crippen MR) is 243 cm³/mol. The molecule has 0 unspecified atom stereocenters. The summed E-state index contributed by atoms with van der Waals surface area (Å²) >= 11 is 1.88. The number of benzene rings is 9. The van der Waals surface area contributed by atoms with Crippen molar-refractivity contribution in [1.82, 2.24) is 0 Å². The first-order valence-electron chi connectivity index (χ1n) is 19.3. The van der Waals surface area contributed by atoms with E-state index >= 15 is 0 Å². The lowest BCUT2D eigenvalue weighted by Gasteiger charge is -2.26. The number of rotatable bonds is 7. The molecule has 268 valence electrons. The van der Waals surface area contributed by atoms with E-state index in [9.17, 15) is 0 Å². The molecule has 2 nitrogen and oxygen atoms in total. The first-order chi connectivity index (χ1) is 28.3. The van der Waals surface area contributed by atoms with Crippen LogP contribution in [-0.2, 0) is 0 Å². The summed E-state index contributed by atoms with van der Waals surface area (Å²) in [5.74, 6) is 0. The molecule has 0 saturated carbocycles. The molecule has 0 radical (unpaired) electrons. The zero-order valence-electron chi connectivity index (χ0n) is 31.0. The third-order valence-corrected chi connectivity index (χ3v) is 12.4. The molecule has 0 saturated heterocycles. The fourth-order valence-electron chi connectivity index (χ4n) is 8.35. The van der Waals surface area contributed by atoms with Crippen molar-refractivity contribution in [2.75, 3.05) is 4.90 Å². The van der Waals surface area contributed by atoms with Crippen molar-refractivity contribution in [2.45, 2.75) is 0 Å². The predicted octanol–water partition coefficient (Wildman–Crippen LogP) is 16.1. The molecule has 0 aliphatic rings. The highest BCUT2D eigenvalue weighted by atomic mass is 32.1. The van der Waals surface area contributed by atoms with Crippen molar-refractivity contribution in [1.29, 1.82) is 0 Å². The van der Waals surface area contributed by atoms with Crippen LogP contribution in [0.1, 0.15) is 0 Å². The van der Waals surface area contributed by atoms with E-state index in [0.717, 1.165) is 33.3 Å². The van der Waals surface area contributed by atoms with Crippen LogP contribution in [0.2, 0.25) is 0 Å². The molecule has 11 rings (SSSR count). The highest BCUT2D eigenvalue weighted by molar-refractivity contribution is 7.27. The van der Waals surface area contributed by atoms with Gasteiger partial charge in [0, 0.05) is 37.6 Å². The summed E-state index contributed by atoms with van der Waals surface area (Å²) in [5, 5.41) is 4.86. The van der Waals surface area contributed by atoms with E-state index in [4.69, 9.17) is 4.42 Å². The number of para-hydroxylation sites is 1. The Morgan fingerprint density at radius 2 is 0.772 bits per heavy atom. The molecular formula is C54H35NOS. The molecule has 0 aliphatic heterocycles. The minimum atomic E-state index is 0.913.